The first kappa shape index (κ1) is 25.8. The van der Waals surface area contributed by atoms with E-state index >= 15 is 0 Å². The number of pyridine rings is 1. The Morgan fingerprint density at radius 3 is 2.40 bits per heavy atom. The van der Waals surface area contributed by atoms with Crippen LogP contribution in [0, 0.1) is 23.2 Å². The number of benzene rings is 2. The smallest absolute Gasteiger partial charge is 0.339 e. The lowest BCUT2D eigenvalue weighted by Gasteiger charge is -2.59. The number of nitrogens with zero attached hydrogens (tertiary/aromatic N) is 1. The second-order valence-electron chi connectivity index (χ2n) is 12.7. The van der Waals surface area contributed by atoms with Crippen LogP contribution in [-0.4, -0.2) is 29.5 Å². The quantitative estimate of drug-likeness (QED) is 0.326. The molecular weight excluding hydrogens is 520 g/mol. The molecule has 1 N–H and O–H groups in total. The van der Waals surface area contributed by atoms with Crippen molar-refractivity contribution in [2.45, 2.75) is 64.3 Å². The highest BCUT2D eigenvalue weighted by Gasteiger charge is 2.53. The van der Waals surface area contributed by atoms with Gasteiger partial charge in [0.15, 0.2) is 6.61 Å². The Morgan fingerprint density at radius 1 is 1.02 bits per heavy atom. The number of halogens is 1. The largest absolute Gasteiger partial charge is 0.452 e. The molecular formula is C34H35ClN2O3. The number of carbonyl (C=O) groups excluding carboxylic acids is 2. The van der Waals surface area contributed by atoms with Crippen LogP contribution in [-0.2, 0) is 16.0 Å². The molecule has 4 fully saturated rings. The number of amides is 1. The Morgan fingerprint density at radius 2 is 1.70 bits per heavy atom. The molecule has 4 bridgehead atoms. The van der Waals surface area contributed by atoms with Crippen LogP contribution in [0.3, 0.4) is 0 Å². The third kappa shape index (κ3) is 4.62. The van der Waals surface area contributed by atoms with Gasteiger partial charge in [0.2, 0.25) is 0 Å². The second kappa shape index (κ2) is 10.0. The number of carbonyl (C=O) groups is 2. The minimum atomic E-state index is -0.458. The molecule has 8 rings (SSSR count). The van der Waals surface area contributed by atoms with E-state index in [-0.39, 0.29) is 24.0 Å². The molecule has 1 atom stereocenters. The van der Waals surface area contributed by atoms with Crippen LogP contribution >= 0.6 is 11.6 Å². The molecule has 0 aliphatic heterocycles. The van der Waals surface area contributed by atoms with Gasteiger partial charge in [-0.2, -0.15) is 0 Å². The van der Waals surface area contributed by atoms with Crippen LogP contribution in [0.15, 0.2) is 48.5 Å². The summed E-state index contributed by atoms with van der Waals surface area (Å²) in [6, 6.07) is 15.5. The average Bonchev–Trinajstić information content (AvgIpc) is 3.32. The van der Waals surface area contributed by atoms with Gasteiger partial charge in [-0.1, -0.05) is 41.9 Å². The average molecular weight is 555 g/mol. The van der Waals surface area contributed by atoms with Crippen LogP contribution in [0.2, 0.25) is 5.02 Å². The molecule has 40 heavy (non-hydrogen) atoms. The molecule has 5 nitrogen and oxygen atoms in total. The fourth-order valence-electron chi connectivity index (χ4n) is 8.62. The summed E-state index contributed by atoms with van der Waals surface area (Å²) in [7, 11) is 0. The van der Waals surface area contributed by atoms with E-state index < -0.39 is 5.97 Å². The maximum Gasteiger partial charge on any atom is 0.339 e. The number of hydrogen-bond donors (Lipinski definition) is 1. The summed E-state index contributed by atoms with van der Waals surface area (Å²) in [5.74, 6) is 1.80. The predicted molar refractivity (Wildman–Crippen MR) is 158 cm³/mol. The molecule has 0 unspecified atom stereocenters. The molecule has 3 aromatic rings. The lowest BCUT2D eigenvalue weighted by atomic mass is 9.48. The number of para-hydroxylation sites is 1. The molecule has 0 spiro atoms. The maximum atomic E-state index is 13.6. The van der Waals surface area contributed by atoms with E-state index in [2.05, 4.69) is 18.3 Å². The summed E-state index contributed by atoms with van der Waals surface area (Å²) in [4.78, 5) is 31.5. The van der Waals surface area contributed by atoms with E-state index in [1.54, 1.807) is 0 Å². The molecule has 1 amide bonds. The number of ether oxygens (including phenoxy) is 1. The number of fused-ring (bicyclic) bond motifs is 2. The van der Waals surface area contributed by atoms with Crippen LogP contribution < -0.4 is 5.32 Å². The summed E-state index contributed by atoms with van der Waals surface area (Å²) in [6.07, 6.45) is 11.4. The van der Waals surface area contributed by atoms with E-state index in [1.165, 1.54) is 38.5 Å². The molecule has 0 radical (unpaired) electrons. The Kier molecular flexibility index (Phi) is 6.46. The van der Waals surface area contributed by atoms with Crippen molar-refractivity contribution in [1.29, 1.82) is 0 Å². The number of esters is 1. The van der Waals surface area contributed by atoms with Crippen molar-refractivity contribution in [3.05, 3.63) is 75.9 Å². The maximum absolute atomic E-state index is 13.6. The summed E-state index contributed by atoms with van der Waals surface area (Å²) < 4.78 is 5.70. The highest BCUT2D eigenvalue weighted by Crippen LogP contribution is 2.61. The standard InChI is InChI=1S/C34H35ClN2O3/c1-20(34-16-22-12-23(17-34)14-24(13-22)18-34)36-30(38)19-40-33(39)31-27-4-2-3-5-29(27)37-32-25(8-11-28(31)32)15-21-6-9-26(35)10-7-21/h2-7,9-10,15,20,22-24H,8,11-14,16-19H2,1H3,(H,36,38)/b25-15-/t20-,22?,23?,24?,34?/m1/s1. The van der Waals surface area contributed by atoms with Crippen molar-refractivity contribution >= 4 is 46.0 Å². The number of aromatic nitrogens is 1. The zero-order valence-electron chi connectivity index (χ0n) is 22.9. The molecule has 6 heteroatoms. The van der Waals surface area contributed by atoms with E-state index in [4.69, 9.17) is 21.3 Å². The Balaban J connectivity index is 1.09. The fourth-order valence-corrected chi connectivity index (χ4v) is 8.75. The Bertz CT molecular complexity index is 1490. The first-order chi connectivity index (χ1) is 19.4. The summed E-state index contributed by atoms with van der Waals surface area (Å²) in [5.41, 5.74) is 5.34. The number of allylic oxidation sites excluding steroid dienone is 1. The third-order valence-corrected chi connectivity index (χ3v) is 10.3. The number of hydrogen-bond acceptors (Lipinski definition) is 4. The molecule has 1 heterocycles. The summed E-state index contributed by atoms with van der Waals surface area (Å²) in [6.45, 7) is 1.89. The van der Waals surface area contributed by atoms with E-state index in [9.17, 15) is 9.59 Å². The van der Waals surface area contributed by atoms with Crippen LogP contribution in [0.4, 0.5) is 0 Å². The highest BCUT2D eigenvalue weighted by molar-refractivity contribution is 6.30. The van der Waals surface area contributed by atoms with E-state index in [1.807, 2.05) is 48.5 Å². The van der Waals surface area contributed by atoms with E-state index in [0.717, 1.165) is 57.5 Å². The molecule has 5 aliphatic rings. The van der Waals surface area contributed by atoms with Gasteiger partial charge in [-0.3, -0.25) is 4.79 Å². The monoisotopic (exact) mass is 554 g/mol. The molecule has 2 aromatic carbocycles. The van der Waals surface area contributed by atoms with Gasteiger partial charge >= 0.3 is 5.97 Å². The van der Waals surface area contributed by atoms with Crippen molar-refractivity contribution in [2.24, 2.45) is 23.2 Å². The Hall–Kier alpha value is -3.18. The molecule has 5 aliphatic carbocycles. The van der Waals surface area contributed by atoms with E-state index in [0.29, 0.717) is 17.0 Å². The topological polar surface area (TPSA) is 68.3 Å². The zero-order chi connectivity index (χ0) is 27.4. The second-order valence-corrected chi connectivity index (χ2v) is 13.1. The van der Waals surface area contributed by atoms with Crippen LogP contribution in [0.1, 0.15) is 79.0 Å². The van der Waals surface area contributed by atoms with Crippen LogP contribution in [0.25, 0.3) is 22.6 Å². The van der Waals surface area contributed by atoms with Gasteiger partial charge in [-0.15, -0.1) is 0 Å². The van der Waals surface area contributed by atoms with Gasteiger partial charge < -0.3 is 10.1 Å². The molecule has 206 valence electrons. The molecule has 1 aromatic heterocycles. The molecule has 0 saturated heterocycles. The number of rotatable bonds is 6. The lowest BCUT2D eigenvalue weighted by Crippen LogP contribution is -2.56. The van der Waals surface area contributed by atoms with Gasteiger partial charge in [-0.05, 0) is 122 Å². The lowest BCUT2D eigenvalue weighted by molar-refractivity contribution is -0.128. The predicted octanol–water partition coefficient (Wildman–Crippen LogP) is 7.25. The minimum Gasteiger partial charge on any atom is -0.452 e. The fraction of sp³-hybridized carbons (Fsp3) is 0.441. The normalized spacial score (nSPS) is 28.1. The van der Waals surface area contributed by atoms with Crippen LogP contribution in [0.5, 0.6) is 0 Å². The third-order valence-electron chi connectivity index (χ3n) is 10.1. The van der Waals surface area contributed by atoms with Gasteiger partial charge in [0.1, 0.15) is 0 Å². The van der Waals surface area contributed by atoms with Gasteiger partial charge in [0.05, 0.1) is 16.8 Å². The summed E-state index contributed by atoms with van der Waals surface area (Å²) in [5, 5.41) is 4.68. The van der Waals surface area contributed by atoms with Crippen molar-refractivity contribution in [2.75, 3.05) is 6.61 Å². The van der Waals surface area contributed by atoms with Crippen molar-refractivity contribution in [1.82, 2.24) is 10.3 Å². The first-order valence-electron chi connectivity index (χ1n) is 14.7. The van der Waals surface area contributed by atoms with Crippen molar-refractivity contribution < 1.29 is 14.3 Å². The first-order valence-corrected chi connectivity index (χ1v) is 15.1. The van der Waals surface area contributed by atoms with Gasteiger partial charge in [0.25, 0.3) is 5.91 Å². The van der Waals surface area contributed by atoms with Crippen molar-refractivity contribution in [3.63, 3.8) is 0 Å². The minimum absolute atomic E-state index is 0.0960. The van der Waals surface area contributed by atoms with Crippen molar-refractivity contribution in [3.8, 4) is 0 Å². The highest BCUT2D eigenvalue weighted by atomic mass is 35.5. The number of nitrogens with one attached hydrogen (secondary N) is 1. The van der Waals surface area contributed by atoms with Gasteiger partial charge in [-0.25, -0.2) is 9.78 Å². The summed E-state index contributed by atoms with van der Waals surface area (Å²) >= 11 is 6.07. The zero-order valence-corrected chi connectivity index (χ0v) is 23.7. The van der Waals surface area contributed by atoms with Gasteiger partial charge in [0, 0.05) is 16.5 Å². The Labute approximate surface area is 240 Å². The molecule has 4 saturated carbocycles. The SMILES string of the molecule is C[C@@H](NC(=O)COC(=O)c1c2c(nc3ccccc13)/C(=C\c1ccc(Cl)cc1)CC2)C12CC3CC(CC(C3)C1)C2.